The Balaban J connectivity index is 1.86. The van der Waals surface area contributed by atoms with Gasteiger partial charge in [0, 0.05) is 26.2 Å². The second-order valence-electron chi connectivity index (χ2n) is 6.46. The Morgan fingerprint density at radius 1 is 1.25 bits per heavy atom. The molecule has 3 amide bonds. The average Bonchev–Trinajstić information content (AvgIpc) is 3.14. The number of carbonyl (C=O) groups excluding carboxylic acids is 2. The van der Waals surface area contributed by atoms with E-state index in [1.807, 2.05) is 12.1 Å². The predicted molar refractivity (Wildman–Crippen MR) is 110 cm³/mol. The molecular formula is C19H25N5O3S. The molecule has 3 rings (SSSR count). The minimum Gasteiger partial charge on any atom is -0.336 e. The first-order chi connectivity index (χ1) is 13.5. The van der Waals surface area contributed by atoms with E-state index in [9.17, 15) is 14.4 Å². The maximum atomic E-state index is 13.0. The van der Waals surface area contributed by atoms with Crippen molar-refractivity contribution in [1.82, 2.24) is 24.7 Å². The number of hydrogen-bond acceptors (Lipinski definition) is 6. The summed E-state index contributed by atoms with van der Waals surface area (Å²) < 4.78 is 1.64. The fourth-order valence-electron chi connectivity index (χ4n) is 3.15. The number of aromatic nitrogens is 2. The first-order valence-corrected chi connectivity index (χ1v) is 10.5. The SMILES string of the molecule is CCN(CC)CCn1c(SCC(=O)N2CCNC2=O)nc2ccccc2c1=O. The minimum absolute atomic E-state index is 0.0590. The molecule has 1 aliphatic heterocycles. The Morgan fingerprint density at radius 3 is 2.68 bits per heavy atom. The van der Waals surface area contributed by atoms with E-state index in [-0.39, 0.29) is 23.3 Å². The molecular weight excluding hydrogens is 378 g/mol. The number of imide groups is 1. The van der Waals surface area contributed by atoms with Crippen molar-refractivity contribution in [3.63, 3.8) is 0 Å². The van der Waals surface area contributed by atoms with Crippen molar-refractivity contribution < 1.29 is 9.59 Å². The van der Waals surface area contributed by atoms with E-state index in [0.717, 1.165) is 19.6 Å². The quantitative estimate of drug-likeness (QED) is 0.529. The summed E-state index contributed by atoms with van der Waals surface area (Å²) in [5.41, 5.74) is 0.507. The van der Waals surface area contributed by atoms with Gasteiger partial charge in [-0.2, -0.15) is 0 Å². The molecule has 0 atom stereocenters. The van der Waals surface area contributed by atoms with Crippen LogP contribution >= 0.6 is 11.8 Å². The first-order valence-electron chi connectivity index (χ1n) is 9.48. The zero-order chi connectivity index (χ0) is 20.1. The van der Waals surface area contributed by atoms with Gasteiger partial charge in [-0.1, -0.05) is 37.7 Å². The second-order valence-corrected chi connectivity index (χ2v) is 7.40. The van der Waals surface area contributed by atoms with Crippen molar-refractivity contribution >= 4 is 34.6 Å². The van der Waals surface area contributed by atoms with Crippen LogP contribution in [0.25, 0.3) is 10.9 Å². The van der Waals surface area contributed by atoms with E-state index < -0.39 is 0 Å². The van der Waals surface area contributed by atoms with Crippen molar-refractivity contribution in [2.24, 2.45) is 0 Å². The fourth-order valence-corrected chi connectivity index (χ4v) is 4.05. The van der Waals surface area contributed by atoms with Crippen molar-refractivity contribution in [2.45, 2.75) is 25.5 Å². The molecule has 0 aliphatic carbocycles. The summed E-state index contributed by atoms with van der Waals surface area (Å²) in [6, 6.07) is 6.86. The van der Waals surface area contributed by atoms with Crippen LogP contribution in [-0.4, -0.2) is 69.8 Å². The number of thioether (sulfide) groups is 1. The zero-order valence-electron chi connectivity index (χ0n) is 16.2. The number of hydrogen-bond donors (Lipinski definition) is 1. The highest BCUT2D eigenvalue weighted by Gasteiger charge is 2.26. The first kappa shape index (κ1) is 20.3. The van der Waals surface area contributed by atoms with Crippen molar-refractivity contribution in [3.05, 3.63) is 34.6 Å². The largest absolute Gasteiger partial charge is 0.336 e. The highest BCUT2D eigenvalue weighted by atomic mass is 32.2. The minimum atomic E-state index is -0.365. The number of amides is 3. The van der Waals surface area contributed by atoms with Gasteiger partial charge in [-0.25, -0.2) is 9.78 Å². The van der Waals surface area contributed by atoms with Gasteiger partial charge in [-0.3, -0.25) is 19.1 Å². The molecule has 1 saturated heterocycles. The Morgan fingerprint density at radius 2 is 2.00 bits per heavy atom. The van der Waals surface area contributed by atoms with Gasteiger partial charge in [0.25, 0.3) is 5.56 Å². The Bertz CT molecular complexity index is 925. The molecule has 150 valence electrons. The molecule has 1 aromatic heterocycles. The lowest BCUT2D eigenvalue weighted by molar-refractivity contribution is -0.124. The normalized spacial score (nSPS) is 14.1. The van der Waals surface area contributed by atoms with Crippen LogP contribution in [0.5, 0.6) is 0 Å². The van der Waals surface area contributed by atoms with Crippen LogP contribution in [0.1, 0.15) is 13.8 Å². The molecule has 8 nitrogen and oxygen atoms in total. The van der Waals surface area contributed by atoms with Gasteiger partial charge in [0.05, 0.1) is 16.7 Å². The number of rotatable bonds is 8. The van der Waals surface area contributed by atoms with Crippen LogP contribution in [0.4, 0.5) is 4.79 Å². The number of urea groups is 1. The molecule has 0 unspecified atom stereocenters. The second kappa shape index (κ2) is 9.20. The Labute approximate surface area is 167 Å². The summed E-state index contributed by atoms with van der Waals surface area (Å²) in [7, 11) is 0. The predicted octanol–water partition coefficient (Wildman–Crippen LogP) is 1.38. The van der Waals surface area contributed by atoms with Crippen LogP contribution in [0.3, 0.4) is 0 Å². The third-order valence-corrected chi connectivity index (χ3v) is 5.80. The highest BCUT2D eigenvalue weighted by Crippen LogP contribution is 2.19. The number of fused-ring (bicyclic) bond motifs is 1. The van der Waals surface area contributed by atoms with Crippen LogP contribution in [-0.2, 0) is 11.3 Å². The Kier molecular flexibility index (Phi) is 6.69. The van der Waals surface area contributed by atoms with Crippen molar-refractivity contribution in [1.29, 1.82) is 0 Å². The van der Waals surface area contributed by atoms with E-state index in [0.29, 0.717) is 35.7 Å². The molecule has 0 saturated carbocycles. The molecule has 28 heavy (non-hydrogen) atoms. The molecule has 1 N–H and O–H groups in total. The molecule has 0 bridgehead atoms. The fraction of sp³-hybridized carbons (Fsp3) is 0.474. The van der Waals surface area contributed by atoms with Gasteiger partial charge in [0.2, 0.25) is 5.91 Å². The number of nitrogens with zero attached hydrogens (tertiary/aromatic N) is 4. The van der Waals surface area contributed by atoms with E-state index in [1.165, 1.54) is 16.7 Å². The molecule has 2 heterocycles. The van der Waals surface area contributed by atoms with Gasteiger partial charge in [0.1, 0.15) is 0 Å². The summed E-state index contributed by atoms with van der Waals surface area (Å²) in [6.45, 7) is 8.04. The van der Waals surface area contributed by atoms with E-state index in [2.05, 4.69) is 29.0 Å². The lowest BCUT2D eigenvalue weighted by Crippen LogP contribution is -2.36. The standard InChI is InChI=1S/C19H25N5O3S/c1-3-22(4-2)11-12-24-17(26)14-7-5-6-8-15(14)21-19(24)28-13-16(25)23-10-9-20-18(23)27/h5-8H,3-4,9-13H2,1-2H3,(H,20,27). The van der Waals surface area contributed by atoms with E-state index in [4.69, 9.17) is 0 Å². The topological polar surface area (TPSA) is 87.5 Å². The molecule has 0 radical (unpaired) electrons. The lowest BCUT2D eigenvalue weighted by Gasteiger charge is -2.20. The number of likely N-dealkylation sites (N-methyl/N-ethyl adjacent to an activating group) is 1. The summed E-state index contributed by atoms with van der Waals surface area (Å²) in [5, 5.41) is 3.69. The van der Waals surface area contributed by atoms with E-state index >= 15 is 0 Å². The summed E-state index contributed by atoms with van der Waals surface area (Å²) in [6.07, 6.45) is 0. The summed E-state index contributed by atoms with van der Waals surface area (Å²) >= 11 is 1.20. The number of nitrogens with one attached hydrogen (secondary N) is 1. The summed E-state index contributed by atoms with van der Waals surface area (Å²) in [4.78, 5) is 45.1. The highest BCUT2D eigenvalue weighted by molar-refractivity contribution is 7.99. The van der Waals surface area contributed by atoms with Crippen LogP contribution in [0, 0.1) is 0 Å². The molecule has 1 aromatic carbocycles. The third kappa shape index (κ3) is 4.36. The van der Waals surface area contributed by atoms with Gasteiger partial charge < -0.3 is 10.2 Å². The van der Waals surface area contributed by atoms with Gasteiger partial charge >= 0.3 is 6.03 Å². The third-order valence-electron chi connectivity index (χ3n) is 4.84. The smallest absolute Gasteiger partial charge is 0.324 e. The maximum Gasteiger partial charge on any atom is 0.324 e. The summed E-state index contributed by atoms with van der Waals surface area (Å²) in [5.74, 6) is -0.221. The average molecular weight is 404 g/mol. The van der Waals surface area contributed by atoms with Gasteiger partial charge in [-0.05, 0) is 25.2 Å². The number of carbonyl (C=O) groups is 2. The molecule has 1 fully saturated rings. The molecule has 0 spiro atoms. The van der Waals surface area contributed by atoms with Crippen molar-refractivity contribution in [2.75, 3.05) is 38.5 Å². The van der Waals surface area contributed by atoms with Crippen LogP contribution < -0.4 is 10.9 Å². The van der Waals surface area contributed by atoms with Crippen LogP contribution in [0.2, 0.25) is 0 Å². The lowest BCUT2D eigenvalue weighted by atomic mass is 10.2. The molecule has 9 heteroatoms. The number of para-hydroxylation sites is 1. The molecule has 1 aliphatic rings. The Hall–Kier alpha value is -2.39. The van der Waals surface area contributed by atoms with Crippen molar-refractivity contribution in [3.8, 4) is 0 Å². The number of benzene rings is 1. The van der Waals surface area contributed by atoms with Gasteiger partial charge in [-0.15, -0.1) is 0 Å². The monoisotopic (exact) mass is 403 g/mol. The van der Waals surface area contributed by atoms with E-state index in [1.54, 1.807) is 16.7 Å². The molecule has 2 aromatic rings. The zero-order valence-corrected chi connectivity index (χ0v) is 17.0. The maximum absolute atomic E-state index is 13.0. The van der Waals surface area contributed by atoms with Crippen LogP contribution in [0.15, 0.2) is 34.2 Å². The van der Waals surface area contributed by atoms with Gasteiger partial charge in [0.15, 0.2) is 5.16 Å².